The lowest BCUT2D eigenvalue weighted by atomic mass is 9.92. The average molecular weight is 332 g/mol. The molecule has 1 aromatic heterocycles. The maximum absolute atomic E-state index is 12.8. The number of piperidine rings is 1. The van der Waals surface area contributed by atoms with Crippen LogP contribution in [0.15, 0.2) is 54.6 Å². The number of rotatable bonds is 2. The summed E-state index contributed by atoms with van der Waals surface area (Å²) in [4.78, 5) is 14.8. The number of aromatic nitrogens is 1. The van der Waals surface area contributed by atoms with Crippen molar-refractivity contribution in [2.45, 2.75) is 25.7 Å². The second-order valence-corrected chi connectivity index (χ2v) is 7.07. The third-order valence-corrected chi connectivity index (χ3v) is 5.56. The van der Waals surface area contributed by atoms with Gasteiger partial charge >= 0.3 is 0 Å². The molecule has 2 heterocycles. The lowest BCUT2D eigenvalue weighted by molar-refractivity contribution is 0.0711. The number of hydrogen-bond donors (Lipinski definition) is 0. The number of para-hydroxylation sites is 1. The van der Waals surface area contributed by atoms with E-state index >= 15 is 0 Å². The van der Waals surface area contributed by atoms with Crippen molar-refractivity contribution in [3.05, 3.63) is 71.4 Å². The lowest BCUT2D eigenvalue weighted by Crippen LogP contribution is -2.38. The number of benzene rings is 2. The zero-order valence-corrected chi connectivity index (χ0v) is 14.9. The van der Waals surface area contributed by atoms with E-state index in [1.165, 1.54) is 16.6 Å². The number of fused-ring (bicyclic) bond motifs is 1. The van der Waals surface area contributed by atoms with E-state index in [4.69, 9.17) is 0 Å². The summed E-state index contributed by atoms with van der Waals surface area (Å²) in [6.45, 7) is 3.67. The van der Waals surface area contributed by atoms with Crippen LogP contribution in [0.2, 0.25) is 0 Å². The molecule has 0 saturated carbocycles. The summed E-state index contributed by atoms with van der Waals surface area (Å²) in [5, 5.41) is 1.30. The Morgan fingerprint density at radius 2 is 1.68 bits per heavy atom. The number of aryl methyl sites for hydroxylation is 2. The van der Waals surface area contributed by atoms with E-state index in [2.05, 4.69) is 41.9 Å². The second-order valence-electron chi connectivity index (χ2n) is 7.07. The van der Waals surface area contributed by atoms with Gasteiger partial charge in [-0.05, 0) is 48.9 Å². The van der Waals surface area contributed by atoms with E-state index in [0.29, 0.717) is 5.92 Å². The monoisotopic (exact) mass is 332 g/mol. The van der Waals surface area contributed by atoms with Crippen molar-refractivity contribution in [2.75, 3.05) is 13.1 Å². The zero-order chi connectivity index (χ0) is 17.4. The van der Waals surface area contributed by atoms with Crippen LogP contribution >= 0.6 is 0 Å². The molecule has 4 rings (SSSR count). The first-order valence-electron chi connectivity index (χ1n) is 9.04. The Hall–Kier alpha value is -2.55. The van der Waals surface area contributed by atoms with Crippen molar-refractivity contribution < 1.29 is 4.79 Å². The SMILES string of the molecule is Cc1ccccc1C(=O)N1CCC(c2cc3ccccc3n2C)CC1. The standard InChI is InChI=1S/C22H24N2O/c1-16-7-3-5-9-19(16)22(25)24-13-11-17(12-14-24)21-15-18-8-4-6-10-20(18)23(21)2/h3-10,15,17H,11-14H2,1-2H3. The minimum absolute atomic E-state index is 0.175. The third kappa shape index (κ3) is 2.84. The molecule has 0 spiro atoms. The molecule has 2 aromatic carbocycles. The van der Waals surface area contributed by atoms with Crippen molar-refractivity contribution >= 4 is 16.8 Å². The molecule has 0 radical (unpaired) electrons. The molecule has 1 amide bonds. The normalized spacial score (nSPS) is 15.7. The van der Waals surface area contributed by atoms with Crippen LogP contribution < -0.4 is 0 Å². The van der Waals surface area contributed by atoms with Crippen LogP contribution in [-0.4, -0.2) is 28.5 Å². The number of likely N-dealkylation sites (tertiary alicyclic amines) is 1. The Labute approximate surface area is 148 Å². The minimum Gasteiger partial charge on any atom is -0.347 e. The molecule has 0 bridgehead atoms. The van der Waals surface area contributed by atoms with Gasteiger partial charge in [0.1, 0.15) is 0 Å². The van der Waals surface area contributed by atoms with E-state index in [1.807, 2.05) is 36.1 Å². The second kappa shape index (κ2) is 6.40. The molecule has 1 aliphatic heterocycles. The minimum atomic E-state index is 0.175. The van der Waals surface area contributed by atoms with Crippen LogP contribution in [0.5, 0.6) is 0 Å². The number of amides is 1. The fraction of sp³-hybridized carbons (Fsp3) is 0.318. The molecule has 0 atom stereocenters. The van der Waals surface area contributed by atoms with Gasteiger partial charge in [0.15, 0.2) is 0 Å². The van der Waals surface area contributed by atoms with E-state index in [9.17, 15) is 4.79 Å². The number of nitrogens with zero attached hydrogens (tertiary/aromatic N) is 2. The van der Waals surface area contributed by atoms with Gasteiger partial charge in [-0.1, -0.05) is 36.4 Å². The molecule has 25 heavy (non-hydrogen) atoms. The largest absolute Gasteiger partial charge is 0.347 e. The van der Waals surface area contributed by atoms with E-state index in [1.54, 1.807) is 0 Å². The van der Waals surface area contributed by atoms with Crippen molar-refractivity contribution in [3.8, 4) is 0 Å². The van der Waals surface area contributed by atoms with Gasteiger partial charge in [-0.15, -0.1) is 0 Å². The Balaban J connectivity index is 1.50. The summed E-state index contributed by atoms with van der Waals surface area (Å²) in [6, 6.07) is 18.7. The van der Waals surface area contributed by atoms with Crippen molar-refractivity contribution in [1.29, 1.82) is 0 Å². The van der Waals surface area contributed by atoms with E-state index < -0.39 is 0 Å². The number of hydrogen-bond acceptors (Lipinski definition) is 1. The molecular weight excluding hydrogens is 308 g/mol. The molecule has 3 aromatic rings. The predicted molar refractivity (Wildman–Crippen MR) is 102 cm³/mol. The fourth-order valence-electron chi connectivity index (χ4n) is 4.06. The van der Waals surface area contributed by atoms with Crippen molar-refractivity contribution in [2.24, 2.45) is 7.05 Å². The summed E-state index contributed by atoms with van der Waals surface area (Å²) in [5.41, 5.74) is 4.58. The predicted octanol–water partition coefficient (Wildman–Crippen LogP) is 4.51. The van der Waals surface area contributed by atoms with Crippen LogP contribution in [-0.2, 0) is 7.05 Å². The zero-order valence-electron chi connectivity index (χ0n) is 14.9. The van der Waals surface area contributed by atoms with Gasteiger partial charge in [-0.2, -0.15) is 0 Å². The third-order valence-electron chi connectivity index (χ3n) is 5.56. The molecule has 0 N–H and O–H groups in total. The first-order chi connectivity index (χ1) is 12.1. The molecule has 0 aliphatic carbocycles. The fourth-order valence-corrected chi connectivity index (χ4v) is 4.06. The Kier molecular flexibility index (Phi) is 4.08. The van der Waals surface area contributed by atoms with Crippen molar-refractivity contribution in [3.63, 3.8) is 0 Å². The van der Waals surface area contributed by atoms with Crippen LogP contribution in [0.4, 0.5) is 0 Å². The summed E-state index contributed by atoms with van der Waals surface area (Å²) in [7, 11) is 2.16. The van der Waals surface area contributed by atoms with Gasteiger partial charge in [0.2, 0.25) is 0 Å². The average Bonchev–Trinajstić information content (AvgIpc) is 2.99. The molecule has 3 heteroatoms. The maximum atomic E-state index is 12.8. The highest BCUT2D eigenvalue weighted by molar-refractivity contribution is 5.95. The maximum Gasteiger partial charge on any atom is 0.254 e. The Morgan fingerprint density at radius 3 is 2.40 bits per heavy atom. The van der Waals surface area contributed by atoms with Crippen LogP contribution in [0.25, 0.3) is 10.9 Å². The first kappa shape index (κ1) is 15.9. The Morgan fingerprint density at radius 1 is 1.00 bits per heavy atom. The van der Waals surface area contributed by atoms with Crippen LogP contribution in [0.3, 0.4) is 0 Å². The highest BCUT2D eigenvalue weighted by Crippen LogP contribution is 2.32. The van der Waals surface area contributed by atoms with Gasteiger partial charge in [0, 0.05) is 42.8 Å². The highest BCUT2D eigenvalue weighted by atomic mass is 16.2. The Bertz CT molecular complexity index is 917. The van der Waals surface area contributed by atoms with E-state index in [-0.39, 0.29) is 5.91 Å². The topological polar surface area (TPSA) is 25.2 Å². The molecule has 3 nitrogen and oxygen atoms in total. The van der Waals surface area contributed by atoms with Gasteiger partial charge in [-0.25, -0.2) is 0 Å². The van der Waals surface area contributed by atoms with E-state index in [0.717, 1.165) is 37.1 Å². The lowest BCUT2D eigenvalue weighted by Gasteiger charge is -2.32. The van der Waals surface area contributed by atoms with Gasteiger partial charge < -0.3 is 9.47 Å². The molecule has 0 unspecified atom stereocenters. The van der Waals surface area contributed by atoms with Gasteiger partial charge in [0.05, 0.1) is 0 Å². The van der Waals surface area contributed by atoms with Crippen LogP contribution in [0, 0.1) is 6.92 Å². The quantitative estimate of drug-likeness (QED) is 0.678. The molecule has 1 aliphatic rings. The van der Waals surface area contributed by atoms with Gasteiger partial charge in [-0.3, -0.25) is 4.79 Å². The number of carbonyl (C=O) groups is 1. The smallest absolute Gasteiger partial charge is 0.254 e. The molecule has 1 fully saturated rings. The summed E-state index contributed by atoms with van der Waals surface area (Å²) >= 11 is 0. The summed E-state index contributed by atoms with van der Waals surface area (Å²) < 4.78 is 2.32. The number of carbonyl (C=O) groups excluding carboxylic acids is 1. The van der Waals surface area contributed by atoms with Crippen LogP contribution in [0.1, 0.15) is 40.4 Å². The summed E-state index contributed by atoms with van der Waals surface area (Å²) in [5.74, 6) is 0.701. The van der Waals surface area contributed by atoms with Gasteiger partial charge in [0.25, 0.3) is 5.91 Å². The molecule has 128 valence electrons. The highest BCUT2D eigenvalue weighted by Gasteiger charge is 2.26. The summed E-state index contributed by atoms with van der Waals surface area (Å²) in [6.07, 6.45) is 2.06. The molecular formula is C22H24N2O. The van der Waals surface area contributed by atoms with Crippen molar-refractivity contribution in [1.82, 2.24) is 9.47 Å². The first-order valence-corrected chi connectivity index (χ1v) is 9.04. The molecule has 1 saturated heterocycles.